The first kappa shape index (κ1) is 26.1. The third-order valence-corrected chi connectivity index (χ3v) is 9.32. The van der Waals surface area contributed by atoms with E-state index in [0.717, 1.165) is 48.9 Å². The van der Waals surface area contributed by atoms with Crippen LogP contribution in [0, 0.1) is 16.7 Å². The predicted molar refractivity (Wildman–Crippen MR) is 133 cm³/mol. The molecule has 2 aliphatic rings. The maximum absolute atomic E-state index is 13.7. The Hall–Kier alpha value is -1.47. The Bertz CT molecular complexity index is 918. The topological polar surface area (TPSA) is 72.7 Å². The fraction of sp³-hybridized carbons (Fsp3) is 0.808. The summed E-state index contributed by atoms with van der Waals surface area (Å²) in [7, 11) is 0. The molecule has 3 atom stereocenters. The van der Waals surface area contributed by atoms with Crippen molar-refractivity contribution < 1.29 is 14.3 Å². The van der Waals surface area contributed by atoms with Gasteiger partial charge >= 0.3 is 0 Å². The Kier molecular flexibility index (Phi) is 7.94. The number of rotatable bonds is 7. The number of amides is 2. The smallest absolute Gasteiger partial charge is 0.253 e. The molecule has 1 saturated heterocycles. The first-order valence-electron chi connectivity index (χ1n) is 12.6. The highest BCUT2D eigenvalue weighted by molar-refractivity contribution is 7.04. The lowest BCUT2D eigenvalue weighted by Crippen LogP contribution is -2.46. The van der Waals surface area contributed by atoms with Crippen LogP contribution >= 0.6 is 11.5 Å². The number of hydrogen-bond donors (Lipinski definition) is 1. The maximum Gasteiger partial charge on any atom is 0.253 e. The van der Waals surface area contributed by atoms with Crippen LogP contribution in [0.2, 0.25) is 0 Å². The van der Waals surface area contributed by atoms with Gasteiger partial charge in [0.1, 0.15) is 4.67 Å². The zero-order valence-electron chi connectivity index (χ0n) is 21.6. The van der Waals surface area contributed by atoms with Crippen molar-refractivity contribution in [3.05, 3.63) is 16.4 Å². The zero-order chi connectivity index (χ0) is 24.4. The quantitative estimate of drug-likeness (QED) is 0.612. The summed E-state index contributed by atoms with van der Waals surface area (Å²) in [6, 6.07) is 0. The Labute approximate surface area is 203 Å². The molecule has 1 aromatic rings. The minimum absolute atomic E-state index is 0.0392. The largest absolute Gasteiger partial charge is 0.376 e. The standard InChI is InChI=1S/C26H43N3O3S/c1-8-9-11-18-17-29(24(2,3)4)33-22(18)28-23(31)26(7)14-13-20(25(26,5)6)21(30)27-16-19-12-10-15-32-19/h17,19-20H,8-16H2,1-7H3,(H,27,30)/b28-22-/t19-,20-,26+/m1/s1. The number of nitrogens with zero attached hydrogens (tertiary/aromatic N) is 2. The van der Waals surface area contributed by atoms with Crippen molar-refractivity contribution in [3.8, 4) is 0 Å². The Morgan fingerprint density at radius 3 is 2.61 bits per heavy atom. The van der Waals surface area contributed by atoms with Gasteiger partial charge in [-0.25, -0.2) is 4.99 Å². The van der Waals surface area contributed by atoms with Crippen molar-refractivity contribution in [3.63, 3.8) is 0 Å². The molecule has 1 aromatic heterocycles. The highest BCUT2D eigenvalue weighted by Crippen LogP contribution is 2.56. The molecule has 33 heavy (non-hydrogen) atoms. The van der Waals surface area contributed by atoms with Gasteiger partial charge in [0.05, 0.1) is 11.5 Å². The molecule has 0 aromatic carbocycles. The summed E-state index contributed by atoms with van der Waals surface area (Å²) in [6.45, 7) is 16.1. The molecule has 2 amide bonds. The lowest BCUT2D eigenvalue weighted by atomic mass is 9.65. The van der Waals surface area contributed by atoms with E-state index in [1.165, 1.54) is 0 Å². The van der Waals surface area contributed by atoms with E-state index in [1.54, 1.807) is 11.5 Å². The Balaban J connectivity index is 1.82. The lowest BCUT2D eigenvalue weighted by Gasteiger charge is -2.38. The number of carbonyl (C=O) groups excluding carboxylic acids is 2. The molecule has 7 heteroatoms. The van der Waals surface area contributed by atoms with Crippen LogP contribution < -0.4 is 9.99 Å². The number of ether oxygens (including phenoxy) is 1. The molecular weight excluding hydrogens is 434 g/mol. The number of nitrogens with one attached hydrogen (secondary N) is 1. The SMILES string of the molecule is CCCCc1cn(C(C)(C)C)s/c1=N\C(=O)[C@]1(C)CC[C@H](C(=O)NC[C@H]2CCCO2)C1(C)C. The molecule has 1 aliphatic heterocycles. The molecule has 1 aliphatic carbocycles. The molecule has 0 spiro atoms. The van der Waals surface area contributed by atoms with Crippen LogP contribution in [0.1, 0.15) is 92.6 Å². The number of carbonyl (C=O) groups is 2. The van der Waals surface area contributed by atoms with Crippen LogP contribution in [0.15, 0.2) is 11.2 Å². The van der Waals surface area contributed by atoms with Crippen LogP contribution in [0.25, 0.3) is 0 Å². The number of aromatic nitrogens is 1. The fourth-order valence-electron chi connectivity index (χ4n) is 5.04. The van der Waals surface area contributed by atoms with Crippen molar-refractivity contribution in [1.29, 1.82) is 0 Å². The van der Waals surface area contributed by atoms with E-state index in [1.807, 2.05) is 6.92 Å². The molecule has 2 fully saturated rings. The highest BCUT2D eigenvalue weighted by atomic mass is 32.1. The van der Waals surface area contributed by atoms with Gasteiger partial charge in [0, 0.05) is 36.4 Å². The van der Waals surface area contributed by atoms with E-state index < -0.39 is 10.8 Å². The van der Waals surface area contributed by atoms with Gasteiger partial charge in [-0.05, 0) is 76.2 Å². The summed E-state index contributed by atoms with van der Waals surface area (Å²) in [4.78, 5) is 31.4. The summed E-state index contributed by atoms with van der Waals surface area (Å²) in [5, 5.41) is 3.09. The number of unbranched alkanes of at least 4 members (excludes halogenated alkanes) is 1. The summed E-state index contributed by atoms with van der Waals surface area (Å²) < 4.78 is 8.67. The lowest BCUT2D eigenvalue weighted by molar-refractivity contribution is -0.136. The average molecular weight is 478 g/mol. The molecule has 0 unspecified atom stereocenters. The van der Waals surface area contributed by atoms with Gasteiger partial charge in [0.2, 0.25) is 5.91 Å². The van der Waals surface area contributed by atoms with Crippen molar-refractivity contribution in [1.82, 2.24) is 9.27 Å². The van der Waals surface area contributed by atoms with Crippen LogP contribution in [0.4, 0.5) is 0 Å². The molecule has 2 heterocycles. The first-order chi connectivity index (χ1) is 15.4. The van der Waals surface area contributed by atoms with Gasteiger partial charge < -0.3 is 10.1 Å². The van der Waals surface area contributed by atoms with Gasteiger partial charge in [-0.15, -0.1) is 0 Å². The highest BCUT2D eigenvalue weighted by Gasteiger charge is 2.58. The molecule has 186 valence electrons. The summed E-state index contributed by atoms with van der Waals surface area (Å²) in [5.41, 5.74) is -0.0482. The van der Waals surface area contributed by atoms with Crippen LogP contribution in [-0.2, 0) is 26.3 Å². The van der Waals surface area contributed by atoms with Gasteiger partial charge in [-0.1, -0.05) is 34.1 Å². The Morgan fingerprint density at radius 2 is 2.00 bits per heavy atom. The van der Waals surface area contributed by atoms with Crippen molar-refractivity contribution in [2.24, 2.45) is 21.7 Å². The first-order valence-corrected chi connectivity index (χ1v) is 13.4. The molecular formula is C26H43N3O3S. The Morgan fingerprint density at radius 1 is 1.27 bits per heavy atom. The zero-order valence-corrected chi connectivity index (χ0v) is 22.4. The van der Waals surface area contributed by atoms with Gasteiger partial charge in [0.15, 0.2) is 0 Å². The minimum atomic E-state index is -0.669. The second-order valence-electron chi connectivity index (χ2n) is 11.6. The van der Waals surface area contributed by atoms with Gasteiger partial charge in [-0.2, -0.15) is 0 Å². The summed E-state index contributed by atoms with van der Waals surface area (Å²) in [6.07, 6.45) is 8.83. The molecule has 3 rings (SSSR count). The number of aryl methyl sites for hydroxylation is 1. The minimum Gasteiger partial charge on any atom is -0.376 e. The van der Waals surface area contributed by atoms with Crippen molar-refractivity contribution in [2.75, 3.05) is 13.2 Å². The van der Waals surface area contributed by atoms with E-state index in [4.69, 9.17) is 9.73 Å². The van der Waals surface area contributed by atoms with E-state index in [0.29, 0.717) is 19.4 Å². The fourth-order valence-corrected chi connectivity index (χ4v) is 6.07. The van der Waals surface area contributed by atoms with E-state index >= 15 is 0 Å². The van der Waals surface area contributed by atoms with Crippen LogP contribution in [0.3, 0.4) is 0 Å². The van der Waals surface area contributed by atoms with E-state index in [-0.39, 0.29) is 29.4 Å². The molecule has 0 radical (unpaired) electrons. The molecule has 1 N–H and O–H groups in total. The van der Waals surface area contributed by atoms with Crippen LogP contribution in [0.5, 0.6) is 0 Å². The molecule has 1 saturated carbocycles. The van der Waals surface area contributed by atoms with Crippen molar-refractivity contribution >= 4 is 23.3 Å². The van der Waals surface area contributed by atoms with E-state index in [2.05, 4.69) is 57.0 Å². The molecule has 6 nitrogen and oxygen atoms in total. The number of hydrogen-bond acceptors (Lipinski definition) is 4. The van der Waals surface area contributed by atoms with E-state index in [9.17, 15) is 9.59 Å². The second-order valence-corrected chi connectivity index (χ2v) is 12.6. The predicted octanol–water partition coefficient (Wildman–Crippen LogP) is 4.81. The van der Waals surface area contributed by atoms with Gasteiger partial charge in [-0.3, -0.25) is 13.5 Å². The van der Waals surface area contributed by atoms with Gasteiger partial charge in [0.25, 0.3) is 5.91 Å². The summed E-state index contributed by atoms with van der Waals surface area (Å²) >= 11 is 1.57. The monoisotopic (exact) mass is 477 g/mol. The molecule has 0 bridgehead atoms. The second kappa shape index (κ2) is 10.0. The van der Waals surface area contributed by atoms with Crippen LogP contribution in [-0.4, -0.2) is 35.0 Å². The third-order valence-electron chi connectivity index (χ3n) is 7.94. The normalized spacial score (nSPS) is 27.8. The third kappa shape index (κ3) is 5.45. The maximum atomic E-state index is 13.7. The van der Waals surface area contributed by atoms with Crippen molar-refractivity contribution in [2.45, 2.75) is 105 Å². The average Bonchev–Trinajstić information content (AvgIpc) is 3.44. The summed E-state index contributed by atoms with van der Waals surface area (Å²) in [5.74, 6) is -0.259.